The Kier molecular flexibility index (Phi) is 3.57. The molecule has 1 heterocycles. The first-order valence-electron chi connectivity index (χ1n) is 7.28. The van der Waals surface area contributed by atoms with Gasteiger partial charge in [-0.3, -0.25) is 0 Å². The molecule has 0 radical (unpaired) electrons. The number of aryl methyl sites for hydroxylation is 3. The first-order chi connectivity index (χ1) is 10.1. The molecular formula is C20H20N+. The summed E-state index contributed by atoms with van der Waals surface area (Å²) in [7, 11) is 2.09. The van der Waals surface area contributed by atoms with Crippen molar-refractivity contribution >= 4 is 0 Å². The fourth-order valence-electron chi connectivity index (χ4n) is 2.71. The van der Waals surface area contributed by atoms with Crippen LogP contribution in [0.4, 0.5) is 0 Å². The van der Waals surface area contributed by atoms with E-state index < -0.39 is 0 Å². The van der Waals surface area contributed by atoms with Crippen molar-refractivity contribution < 1.29 is 4.57 Å². The van der Waals surface area contributed by atoms with Crippen molar-refractivity contribution in [3.8, 4) is 22.4 Å². The molecule has 0 amide bonds. The lowest BCUT2D eigenvalue weighted by Crippen LogP contribution is -2.30. The molecule has 0 N–H and O–H groups in total. The van der Waals surface area contributed by atoms with Gasteiger partial charge in [-0.1, -0.05) is 42.0 Å². The molecule has 3 rings (SSSR count). The molecule has 0 spiro atoms. The highest BCUT2D eigenvalue weighted by Crippen LogP contribution is 2.28. The second-order valence-electron chi connectivity index (χ2n) is 5.60. The lowest BCUT2D eigenvalue weighted by molar-refractivity contribution is -0.660. The lowest BCUT2D eigenvalue weighted by Gasteiger charge is -2.08. The fraction of sp³-hybridized carbons (Fsp3) is 0.150. The number of benzene rings is 2. The summed E-state index contributed by atoms with van der Waals surface area (Å²) in [4.78, 5) is 0. The van der Waals surface area contributed by atoms with E-state index in [0.717, 1.165) is 0 Å². The maximum atomic E-state index is 2.29. The minimum atomic E-state index is 1.24. The van der Waals surface area contributed by atoms with Crippen LogP contribution < -0.4 is 4.57 Å². The molecule has 0 fully saturated rings. The van der Waals surface area contributed by atoms with E-state index >= 15 is 0 Å². The molecule has 0 aliphatic heterocycles. The van der Waals surface area contributed by atoms with Crippen molar-refractivity contribution in [1.82, 2.24) is 0 Å². The second-order valence-corrected chi connectivity index (χ2v) is 5.60. The Morgan fingerprint density at radius 1 is 0.762 bits per heavy atom. The standard InChI is InChI=1S/C20H20N/c1-15-7-6-8-17(13-15)18-11-10-16(2)19(14-18)20-9-4-5-12-21(20)3/h4-14H,1-3H3/q+1. The Balaban J connectivity index is 2.15. The first-order valence-corrected chi connectivity index (χ1v) is 7.28. The van der Waals surface area contributed by atoms with Crippen LogP contribution in [-0.2, 0) is 7.05 Å². The third-order valence-electron chi connectivity index (χ3n) is 3.92. The maximum Gasteiger partial charge on any atom is 0.212 e. The molecule has 0 atom stereocenters. The molecule has 1 heteroatoms. The summed E-state index contributed by atoms with van der Waals surface area (Å²) in [6.07, 6.45) is 2.09. The molecular weight excluding hydrogens is 254 g/mol. The van der Waals surface area contributed by atoms with Gasteiger partial charge in [-0.15, -0.1) is 0 Å². The first kappa shape index (κ1) is 13.6. The molecule has 0 aliphatic rings. The maximum absolute atomic E-state index is 2.29. The van der Waals surface area contributed by atoms with Gasteiger partial charge in [0.15, 0.2) is 6.20 Å². The zero-order chi connectivity index (χ0) is 14.8. The SMILES string of the molecule is Cc1cccc(-c2ccc(C)c(-c3cccc[n+]3C)c2)c1. The van der Waals surface area contributed by atoms with Gasteiger partial charge in [0.25, 0.3) is 0 Å². The van der Waals surface area contributed by atoms with Gasteiger partial charge in [0, 0.05) is 17.7 Å². The van der Waals surface area contributed by atoms with Crippen molar-refractivity contribution in [2.75, 3.05) is 0 Å². The van der Waals surface area contributed by atoms with Crippen LogP contribution in [0.5, 0.6) is 0 Å². The molecule has 2 aromatic carbocycles. The number of rotatable bonds is 2. The van der Waals surface area contributed by atoms with Crippen molar-refractivity contribution in [1.29, 1.82) is 0 Å². The van der Waals surface area contributed by atoms with Crippen LogP contribution in [0.1, 0.15) is 11.1 Å². The summed E-state index contributed by atoms with van der Waals surface area (Å²) in [5.74, 6) is 0. The minimum absolute atomic E-state index is 1.24. The van der Waals surface area contributed by atoms with E-state index in [1.807, 2.05) is 0 Å². The van der Waals surface area contributed by atoms with Gasteiger partial charge in [0.2, 0.25) is 5.69 Å². The van der Waals surface area contributed by atoms with Crippen LogP contribution in [0.15, 0.2) is 66.9 Å². The second kappa shape index (κ2) is 5.53. The van der Waals surface area contributed by atoms with Gasteiger partial charge >= 0.3 is 0 Å². The smallest absolute Gasteiger partial charge is 0.201 e. The van der Waals surface area contributed by atoms with E-state index in [0.29, 0.717) is 0 Å². The molecule has 0 saturated carbocycles. The van der Waals surface area contributed by atoms with Crippen LogP contribution in [0.3, 0.4) is 0 Å². The van der Waals surface area contributed by atoms with E-state index in [2.05, 4.69) is 92.3 Å². The molecule has 0 aliphatic carbocycles. The molecule has 1 nitrogen and oxygen atoms in total. The summed E-state index contributed by atoms with van der Waals surface area (Å²) in [6, 6.07) is 21.7. The van der Waals surface area contributed by atoms with Crippen LogP contribution in [0.25, 0.3) is 22.4 Å². The summed E-state index contributed by atoms with van der Waals surface area (Å²) < 4.78 is 2.17. The monoisotopic (exact) mass is 274 g/mol. The number of aromatic nitrogens is 1. The third-order valence-corrected chi connectivity index (χ3v) is 3.92. The van der Waals surface area contributed by atoms with Gasteiger partial charge < -0.3 is 0 Å². The number of hydrogen-bond donors (Lipinski definition) is 0. The Hall–Kier alpha value is -2.41. The van der Waals surface area contributed by atoms with Crippen LogP contribution in [0, 0.1) is 13.8 Å². The number of nitrogens with zero attached hydrogens (tertiary/aromatic N) is 1. The summed E-state index contributed by atoms with van der Waals surface area (Å²) in [5, 5.41) is 0. The lowest BCUT2D eigenvalue weighted by atomic mass is 9.97. The Labute approximate surface area is 126 Å². The van der Waals surface area contributed by atoms with Gasteiger partial charge in [-0.05, 0) is 42.7 Å². The van der Waals surface area contributed by atoms with E-state index in [4.69, 9.17) is 0 Å². The Bertz CT molecular complexity index is 787. The Morgan fingerprint density at radius 2 is 1.57 bits per heavy atom. The molecule has 21 heavy (non-hydrogen) atoms. The molecule has 0 unspecified atom stereocenters. The number of hydrogen-bond acceptors (Lipinski definition) is 0. The average molecular weight is 274 g/mol. The molecule has 0 saturated heterocycles. The largest absolute Gasteiger partial charge is 0.212 e. The van der Waals surface area contributed by atoms with Crippen molar-refractivity contribution in [3.63, 3.8) is 0 Å². The van der Waals surface area contributed by atoms with Crippen LogP contribution in [0.2, 0.25) is 0 Å². The van der Waals surface area contributed by atoms with Crippen LogP contribution in [-0.4, -0.2) is 0 Å². The third kappa shape index (κ3) is 2.73. The quantitative estimate of drug-likeness (QED) is 0.607. The van der Waals surface area contributed by atoms with E-state index in [-0.39, 0.29) is 0 Å². The zero-order valence-electron chi connectivity index (χ0n) is 12.8. The molecule has 104 valence electrons. The van der Waals surface area contributed by atoms with Gasteiger partial charge in [-0.25, -0.2) is 4.57 Å². The average Bonchev–Trinajstić information content (AvgIpc) is 2.49. The van der Waals surface area contributed by atoms with E-state index in [1.165, 1.54) is 33.5 Å². The highest BCUT2D eigenvalue weighted by molar-refractivity contribution is 5.73. The molecule has 3 aromatic rings. The predicted octanol–water partition coefficient (Wildman–Crippen LogP) is 4.46. The fourth-order valence-corrected chi connectivity index (χ4v) is 2.71. The van der Waals surface area contributed by atoms with E-state index in [9.17, 15) is 0 Å². The summed E-state index contributed by atoms with van der Waals surface area (Å²) in [5.41, 5.74) is 7.66. The van der Waals surface area contributed by atoms with Crippen molar-refractivity contribution in [3.05, 3.63) is 78.0 Å². The predicted molar refractivity (Wildman–Crippen MR) is 88.0 cm³/mol. The van der Waals surface area contributed by atoms with Crippen molar-refractivity contribution in [2.45, 2.75) is 13.8 Å². The highest BCUT2D eigenvalue weighted by Gasteiger charge is 2.12. The van der Waals surface area contributed by atoms with Gasteiger partial charge in [0.1, 0.15) is 7.05 Å². The zero-order valence-corrected chi connectivity index (χ0v) is 12.8. The summed E-state index contributed by atoms with van der Waals surface area (Å²) >= 11 is 0. The van der Waals surface area contributed by atoms with Gasteiger partial charge in [0.05, 0.1) is 0 Å². The number of pyridine rings is 1. The Morgan fingerprint density at radius 3 is 2.33 bits per heavy atom. The topological polar surface area (TPSA) is 3.88 Å². The van der Waals surface area contributed by atoms with Crippen LogP contribution >= 0.6 is 0 Å². The highest BCUT2D eigenvalue weighted by atomic mass is 14.9. The van der Waals surface area contributed by atoms with E-state index in [1.54, 1.807) is 0 Å². The summed E-state index contributed by atoms with van der Waals surface area (Å²) in [6.45, 7) is 4.30. The normalized spacial score (nSPS) is 10.6. The minimum Gasteiger partial charge on any atom is -0.201 e. The van der Waals surface area contributed by atoms with Gasteiger partial charge in [-0.2, -0.15) is 0 Å². The van der Waals surface area contributed by atoms with Crippen molar-refractivity contribution in [2.24, 2.45) is 7.05 Å². The molecule has 1 aromatic heterocycles. The molecule has 0 bridgehead atoms.